The molecule has 0 atom stereocenters. The van der Waals surface area contributed by atoms with Crippen molar-refractivity contribution in [3.8, 4) is 22.8 Å². The maximum Gasteiger partial charge on any atom is 0.234 e. The summed E-state index contributed by atoms with van der Waals surface area (Å²) in [6.45, 7) is 0. The summed E-state index contributed by atoms with van der Waals surface area (Å²) < 4.78 is 8.04. The SMILES string of the molecule is COc1ccc(NC(=O)CSc2nnc(-c3cccnc3)n2-c2ccc(Br)cc2)cc1. The molecule has 2 heterocycles. The Bertz CT molecular complexity index is 1160. The number of hydrogen-bond acceptors (Lipinski definition) is 6. The van der Waals surface area contributed by atoms with Gasteiger partial charge < -0.3 is 10.1 Å². The molecule has 0 fully saturated rings. The molecule has 2 aromatic carbocycles. The molecule has 0 unspecified atom stereocenters. The van der Waals surface area contributed by atoms with E-state index in [1.165, 1.54) is 11.8 Å². The lowest BCUT2D eigenvalue weighted by molar-refractivity contribution is -0.113. The molecule has 0 spiro atoms. The van der Waals surface area contributed by atoms with E-state index in [-0.39, 0.29) is 11.7 Å². The van der Waals surface area contributed by atoms with Gasteiger partial charge in [-0.25, -0.2) is 0 Å². The predicted molar refractivity (Wildman–Crippen MR) is 125 cm³/mol. The lowest BCUT2D eigenvalue weighted by atomic mass is 10.2. The molecule has 0 saturated heterocycles. The Kier molecular flexibility index (Phi) is 6.63. The quantitative estimate of drug-likeness (QED) is 0.369. The summed E-state index contributed by atoms with van der Waals surface area (Å²) in [5, 5.41) is 12.2. The summed E-state index contributed by atoms with van der Waals surface area (Å²) in [4.78, 5) is 16.7. The minimum absolute atomic E-state index is 0.136. The van der Waals surface area contributed by atoms with Gasteiger partial charge in [0.2, 0.25) is 5.91 Å². The summed E-state index contributed by atoms with van der Waals surface area (Å²) in [7, 11) is 1.60. The van der Waals surface area contributed by atoms with Crippen LogP contribution in [0.15, 0.2) is 82.7 Å². The highest BCUT2D eigenvalue weighted by atomic mass is 79.9. The molecule has 1 amide bonds. The van der Waals surface area contributed by atoms with Crippen LogP contribution in [0.5, 0.6) is 5.75 Å². The van der Waals surface area contributed by atoms with Crippen LogP contribution in [0, 0.1) is 0 Å². The molecule has 0 radical (unpaired) electrons. The number of aromatic nitrogens is 4. The number of benzene rings is 2. The van der Waals surface area contributed by atoms with Crippen LogP contribution in [0.4, 0.5) is 5.69 Å². The summed E-state index contributed by atoms with van der Waals surface area (Å²) in [6, 6.07) is 18.8. The smallest absolute Gasteiger partial charge is 0.234 e. The molecule has 1 N–H and O–H groups in total. The van der Waals surface area contributed by atoms with Crippen molar-refractivity contribution < 1.29 is 9.53 Å². The third-order valence-electron chi connectivity index (χ3n) is 4.34. The Morgan fingerprint density at radius 3 is 2.55 bits per heavy atom. The highest BCUT2D eigenvalue weighted by Gasteiger charge is 2.17. The number of methoxy groups -OCH3 is 1. The highest BCUT2D eigenvalue weighted by molar-refractivity contribution is 9.10. The topological polar surface area (TPSA) is 81.9 Å². The van der Waals surface area contributed by atoms with Gasteiger partial charge in [-0.1, -0.05) is 27.7 Å². The molecule has 4 aromatic rings. The molecule has 9 heteroatoms. The van der Waals surface area contributed by atoms with Crippen LogP contribution in [0.2, 0.25) is 0 Å². The van der Waals surface area contributed by atoms with Gasteiger partial charge in [-0.2, -0.15) is 0 Å². The number of ether oxygens (including phenoxy) is 1. The number of carbonyl (C=O) groups excluding carboxylic acids is 1. The third-order valence-corrected chi connectivity index (χ3v) is 5.80. The summed E-state index contributed by atoms with van der Waals surface area (Å²) in [5.74, 6) is 1.45. The average Bonchev–Trinajstić information content (AvgIpc) is 3.23. The van der Waals surface area contributed by atoms with Gasteiger partial charge in [0.25, 0.3) is 0 Å². The summed E-state index contributed by atoms with van der Waals surface area (Å²) >= 11 is 4.78. The second kappa shape index (κ2) is 9.76. The number of rotatable bonds is 7. The molecular weight excluding hydrogens is 478 g/mol. The minimum atomic E-state index is -0.136. The second-order valence-electron chi connectivity index (χ2n) is 6.43. The standard InChI is InChI=1S/C22H18BrN5O2S/c1-30-19-10-6-17(7-11-19)25-20(29)14-31-22-27-26-21(15-3-2-12-24-13-15)28(22)18-8-4-16(23)5-9-18/h2-13H,14H2,1H3,(H,25,29). The number of amides is 1. The largest absolute Gasteiger partial charge is 0.497 e. The molecule has 0 aliphatic heterocycles. The van der Waals surface area contributed by atoms with Crippen molar-refractivity contribution >= 4 is 39.3 Å². The Hall–Kier alpha value is -3.17. The first kappa shape index (κ1) is 21.1. The van der Waals surface area contributed by atoms with E-state index in [0.29, 0.717) is 16.7 Å². The van der Waals surface area contributed by atoms with Crippen molar-refractivity contribution in [2.75, 3.05) is 18.2 Å². The van der Waals surface area contributed by atoms with E-state index < -0.39 is 0 Å². The van der Waals surface area contributed by atoms with Crippen LogP contribution >= 0.6 is 27.7 Å². The Morgan fingerprint density at radius 2 is 1.87 bits per heavy atom. The van der Waals surface area contributed by atoms with Crippen molar-refractivity contribution in [3.05, 3.63) is 77.5 Å². The Balaban J connectivity index is 1.55. The van der Waals surface area contributed by atoms with E-state index in [1.807, 2.05) is 41.0 Å². The fraction of sp³-hybridized carbons (Fsp3) is 0.0909. The fourth-order valence-electron chi connectivity index (χ4n) is 2.87. The second-order valence-corrected chi connectivity index (χ2v) is 8.28. The lowest BCUT2D eigenvalue weighted by Crippen LogP contribution is -2.14. The maximum atomic E-state index is 12.5. The zero-order chi connectivity index (χ0) is 21.6. The number of nitrogens with one attached hydrogen (secondary N) is 1. The fourth-order valence-corrected chi connectivity index (χ4v) is 3.89. The first-order valence-corrected chi connectivity index (χ1v) is 11.1. The monoisotopic (exact) mass is 495 g/mol. The van der Waals surface area contributed by atoms with E-state index in [2.05, 4.69) is 36.4 Å². The minimum Gasteiger partial charge on any atom is -0.497 e. The average molecular weight is 496 g/mol. The normalized spacial score (nSPS) is 10.6. The van der Waals surface area contributed by atoms with Crippen LogP contribution in [-0.4, -0.2) is 38.5 Å². The number of pyridine rings is 1. The van der Waals surface area contributed by atoms with Crippen LogP contribution in [0.25, 0.3) is 17.1 Å². The molecule has 0 saturated carbocycles. The van der Waals surface area contributed by atoms with Gasteiger partial charge in [-0.05, 0) is 60.7 Å². The van der Waals surface area contributed by atoms with Crippen molar-refractivity contribution in [1.82, 2.24) is 19.7 Å². The van der Waals surface area contributed by atoms with E-state index in [9.17, 15) is 4.79 Å². The number of nitrogens with zero attached hydrogens (tertiary/aromatic N) is 4. The lowest BCUT2D eigenvalue weighted by Gasteiger charge is -2.11. The zero-order valence-corrected chi connectivity index (χ0v) is 18.9. The van der Waals surface area contributed by atoms with Gasteiger partial charge in [-0.3, -0.25) is 14.3 Å². The molecule has 2 aromatic heterocycles. The van der Waals surface area contributed by atoms with E-state index in [1.54, 1.807) is 43.8 Å². The third kappa shape index (κ3) is 5.12. The molecular formula is C22H18BrN5O2S. The first-order valence-electron chi connectivity index (χ1n) is 9.32. The molecule has 0 aliphatic carbocycles. The molecule has 31 heavy (non-hydrogen) atoms. The van der Waals surface area contributed by atoms with E-state index in [0.717, 1.165) is 21.5 Å². The molecule has 7 nitrogen and oxygen atoms in total. The van der Waals surface area contributed by atoms with Crippen LogP contribution in [0.1, 0.15) is 0 Å². The van der Waals surface area contributed by atoms with Crippen LogP contribution < -0.4 is 10.1 Å². The number of thioether (sulfide) groups is 1. The number of hydrogen-bond donors (Lipinski definition) is 1. The van der Waals surface area contributed by atoms with Crippen LogP contribution in [-0.2, 0) is 4.79 Å². The van der Waals surface area contributed by atoms with Gasteiger partial charge in [0, 0.05) is 33.8 Å². The Morgan fingerprint density at radius 1 is 1.10 bits per heavy atom. The van der Waals surface area contributed by atoms with Gasteiger partial charge in [-0.15, -0.1) is 10.2 Å². The number of anilines is 1. The molecule has 4 rings (SSSR count). The van der Waals surface area contributed by atoms with Gasteiger partial charge in [0.05, 0.1) is 12.9 Å². The van der Waals surface area contributed by atoms with Crippen molar-refractivity contribution in [2.45, 2.75) is 5.16 Å². The molecule has 156 valence electrons. The number of halogens is 1. The predicted octanol–water partition coefficient (Wildman–Crippen LogP) is 4.83. The summed E-state index contributed by atoms with van der Waals surface area (Å²) in [5.41, 5.74) is 2.44. The molecule has 0 aliphatic rings. The molecule has 0 bridgehead atoms. The summed E-state index contributed by atoms with van der Waals surface area (Å²) in [6.07, 6.45) is 3.45. The Labute approximate surface area is 192 Å². The zero-order valence-electron chi connectivity index (χ0n) is 16.5. The van der Waals surface area contributed by atoms with Gasteiger partial charge >= 0.3 is 0 Å². The van der Waals surface area contributed by atoms with Crippen molar-refractivity contribution in [2.24, 2.45) is 0 Å². The number of carbonyl (C=O) groups is 1. The van der Waals surface area contributed by atoms with Crippen molar-refractivity contribution in [1.29, 1.82) is 0 Å². The maximum absolute atomic E-state index is 12.5. The van der Waals surface area contributed by atoms with Gasteiger partial charge in [0.1, 0.15) is 5.75 Å². The van der Waals surface area contributed by atoms with Gasteiger partial charge in [0.15, 0.2) is 11.0 Å². The van der Waals surface area contributed by atoms with E-state index in [4.69, 9.17) is 4.74 Å². The van der Waals surface area contributed by atoms with Crippen molar-refractivity contribution in [3.63, 3.8) is 0 Å². The van der Waals surface area contributed by atoms with Crippen LogP contribution in [0.3, 0.4) is 0 Å². The van der Waals surface area contributed by atoms with E-state index >= 15 is 0 Å². The first-order chi connectivity index (χ1) is 15.1. The highest BCUT2D eigenvalue weighted by Crippen LogP contribution is 2.28.